The Hall–Kier alpha value is -0.170. The average molecular weight is 304 g/mol. The van der Waals surface area contributed by atoms with Crippen LogP contribution in [0.3, 0.4) is 0 Å². The molecule has 2 N–H and O–H groups in total. The van der Waals surface area contributed by atoms with Gasteiger partial charge >= 0.3 is 0 Å². The molecule has 0 radical (unpaired) electrons. The molecule has 0 unspecified atom stereocenters. The standard InChI is InChI=1S/C14H28N2O3S/c17-20(18,14-7-11-19-12-8-14)16-10-9-15-13-5-3-1-2-4-6-13/h13-16H,1-12H2. The highest BCUT2D eigenvalue weighted by Gasteiger charge is 2.27. The van der Waals surface area contributed by atoms with Crippen molar-refractivity contribution >= 4 is 10.0 Å². The lowest BCUT2D eigenvalue weighted by Crippen LogP contribution is -2.42. The summed E-state index contributed by atoms with van der Waals surface area (Å²) in [5, 5.41) is 3.22. The minimum Gasteiger partial charge on any atom is -0.381 e. The predicted octanol–water partition coefficient (Wildman–Crippen LogP) is 1.40. The third kappa shape index (κ3) is 5.31. The van der Waals surface area contributed by atoms with Crippen molar-refractivity contribution in [1.29, 1.82) is 0 Å². The fraction of sp³-hybridized carbons (Fsp3) is 1.00. The summed E-state index contributed by atoms with van der Waals surface area (Å²) in [7, 11) is -3.16. The molecular weight excluding hydrogens is 276 g/mol. The molecule has 0 aromatic rings. The van der Waals surface area contributed by atoms with E-state index in [2.05, 4.69) is 10.0 Å². The highest BCUT2D eigenvalue weighted by molar-refractivity contribution is 7.90. The van der Waals surface area contributed by atoms with Gasteiger partial charge in [0, 0.05) is 32.3 Å². The van der Waals surface area contributed by atoms with Gasteiger partial charge in [0.05, 0.1) is 5.25 Å². The summed E-state index contributed by atoms with van der Waals surface area (Å²) in [4.78, 5) is 0. The fourth-order valence-electron chi connectivity index (χ4n) is 3.06. The third-order valence-corrected chi connectivity index (χ3v) is 6.28. The first kappa shape index (κ1) is 16.2. The number of ether oxygens (including phenoxy) is 1. The van der Waals surface area contributed by atoms with Gasteiger partial charge in [0.15, 0.2) is 0 Å². The molecule has 2 rings (SSSR count). The highest BCUT2D eigenvalue weighted by Crippen LogP contribution is 2.17. The Morgan fingerprint density at radius 1 is 0.900 bits per heavy atom. The Bertz CT molecular complexity index is 359. The van der Waals surface area contributed by atoms with E-state index in [-0.39, 0.29) is 5.25 Å². The smallest absolute Gasteiger partial charge is 0.214 e. The monoisotopic (exact) mass is 304 g/mol. The Labute approximate surface area is 122 Å². The molecule has 0 amide bonds. The molecule has 2 fully saturated rings. The fourth-order valence-corrected chi connectivity index (χ4v) is 4.49. The van der Waals surface area contributed by atoms with Gasteiger partial charge in [-0.25, -0.2) is 13.1 Å². The largest absolute Gasteiger partial charge is 0.381 e. The summed E-state index contributed by atoms with van der Waals surface area (Å²) < 4.78 is 32.1. The van der Waals surface area contributed by atoms with E-state index in [1.54, 1.807) is 0 Å². The van der Waals surface area contributed by atoms with Crippen molar-refractivity contribution in [2.24, 2.45) is 0 Å². The molecule has 0 spiro atoms. The Kier molecular flexibility index (Phi) is 6.74. The van der Waals surface area contributed by atoms with Crippen LogP contribution < -0.4 is 10.0 Å². The Balaban J connectivity index is 1.64. The minimum atomic E-state index is -3.16. The SMILES string of the molecule is O=S(=O)(NCCNC1CCCCCC1)C1CCOCC1. The molecule has 0 atom stereocenters. The lowest BCUT2D eigenvalue weighted by Gasteiger charge is -2.23. The summed E-state index contributed by atoms with van der Waals surface area (Å²) in [5.41, 5.74) is 0. The second-order valence-corrected chi connectivity index (χ2v) is 7.94. The van der Waals surface area contributed by atoms with Gasteiger partial charge in [0.1, 0.15) is 0 Å². The van der Waals surface area contributed by atoms with E-state index in [1.165, 1.54) is 38.5 Å². The van der Waals surface area contributed by atoms with E-state index in [1.807, 2.05) is 0 Å². The number of sulfonamides is 1. The van der Waals surface area contributed by atoms with Crippen molar-refractivity contribution in [2.75, 3.05) is 26.3 Å². The molecule has 1 saturated carbocycles. The van der Waals surface area contributed by atoms with E-state index in [0.717, 1.165) is 6.54 Å². The zero-order valence-electron chi connectivity index (χ0n) is 12.3. The van der Waals surface area contributed by atoms with Gasteiger partial charge in [0.2, 0.25) is 10.0 Å². The molecule has 1 aliphatic heterocycles. The number of nitrogens with one attached hydrogen (secondary N) is 2. The van der Waals surface area contributed by atoms with Gasteiger partial charge in [-0.2, -0.15) is 0 Å². The van der Waals surface area contributed by atoms with E-state index in [4.69, 9.17) is 4.74 Å². The first-order chi connectivity index (χ1) is 9.68. The lowest BCUT2D eigenvalue weighted by molar-refractivity contribution is 0.0981. The second-order valence-electron chi connectivity index (χ2n) is 5.89. The summed E-state index contributed by atoms with van der Waals surface area (Å²) in [5.74, 6) is 0. The molecule has 1 heterocycles. The van der Waals surface area contributed by atoms with Crippen molar-refractivity contribution < 1.29 is 13.2 Å². The van der Waals surface area contributed by atoms with Crippen LogP contribution in [0.1, 0.15) is 51.4 Å². The minimum absolute atomic E-state index is 0.269. The Morgan fingerprint density at radius 3 is 2.20 bits per heavy atom. The van der Waals surface area contributed by atoms with E-state index < -0.39 is 10.0 Å². The van der Waals surface area contributed by atoms with E-state index in [9.17, 15) is 8.42 Å². The van der Waals surface area contributed by atoms with E-state index in [0.29, 0.717) is 38.6 Å². The van der Waals surface area contributed by atoms with Gasteiger partial charge < -0.3 is 10.1 Å². The van der Waals surface area contributed by atoms with Crippen molar-refractivity contribution in [3.05, 3.63) is 0 Å². The normalized spacial score (nSPS) is 23.6. The first-order valence-electron chi connectivity index (χ1n) is 7.98. The molecule has 20 heavy (non-hydrogen) atoms. The third-order valence-electron chi connectivity index (χ3n) is 4.32. The molecule has 1 aliphatic carbocycles. The highest BCUT2D eigenvalue weighted by atomic mass is 32.2. The maximum Gasteiger partial charge on any atom is 0.214 e. The quantitative estimate of drug-likeness (QED) is 0.575. The molecule has 1 saturated heterocycles. The van der Waals surface area contributed by atoms with Crippen molar-refractivity contribution in [3.63, 3.8) is 0 Å². The van der Waals surface area contributed by atoms with Gasteiger partial charge in [-0.3, -0.25) is 0 Å². The van der Waals surface area contributed by atoms with Crippen LogP contribution in [0.5, 0.6) is 0 Å². The first-order valence-corrected chi connectivity index (χ1v) is 9.53. The van der Waals surface area contributed by atoms with Crippen molar-refractivity contribution in [2.45, 2.75) is 62.7 Å². The summed E-state index contributed by atoms with van der Waals surface area (Å²) >= 11 is 0. The predicted molar refractivity (Wildman–Crippen MR) is 80.3 cm³/mol. The molecule has 6 heteroatoms. The summed E-state index contributed by atoms with van der Waals surface area (Å²) in [6.07, 6.45) is 8.97. The number of hydrogen-bond donors (Lipinski definition) is 2. The van der Waals surface area contributed by atoms with Gasteiger partial charge in [-0.15, -0.1) is 0 Å². The van der Waals surface area contributed by atoms with Crippen LogP contribution in [0.25, 0.3) is 0 Å². The van der Waals surface area contributed by atoms with Crippen LogP contribution in [0.4, 0.5) is 0 Å². The van der Waals surface area contributed by atoms with E-state index >= 15 is 0 Å². The lowest BCUT2D eigenvalue weighted by atomic mass is 10.1. The van der Waals surface area contributed by atoms with Crippen LogP contribution in [0.15, 0.2) is 0 Å². The van der Waals surface area contributed by atoms with Gasteiger partial charge in [-0.1, -0.05) is 25.7 Å². The molecule has 5 nitrogen and oxygen atoms in total. The van der Waals surface area contributed by atoms with Gasteiger partial charge in [-0.05, 0) is 25.7 Å². The summed E-state index contributed by atoms with van der Waals surface area (Å²) in [6, 6.07) is 0.574. The van der Waals surface area contributed by atoms with Crippen LogP contribution in [-0.2, 0) is 14.8 Å². The van der Waals surface area contributed by atoms with Crippen LogP contribution in [0.2, 0.25) is 0 Å². The Morgan fingerprint density at radius 2 is 1.55 bits per heavy atom. The van der Waals surface area contributed by atoms with Gasteiger partial charge in [0.25, 0.3) is 0 Å². The second kappa shape index (κ2) is 8.32. The molecular formula is C14H28N2O3S. The zero-order chi connectivity index (χ0) is 14.3. The average Bonchev–Trinajstić information content (AvgIpc) is 2.73. The van der Waals surface area contributed by atoms with Crippen LogP contribution in [0, 0.1) is 0 Å². The molecule has 118 valence electrons. The maximum atomic E-state index is 12.1. The number of rotatable bonds is 6. The van der Waals surface area contributed by atoms with Crippen LogP contribution >= 0.6 is 0 Å². The van der Waals surface area contributed by atoms with Crippen LogP contribution in [-0.4, -0.2) is 46.0 Å². The topological polar surface area (TPSA) is 67.4 Å². The molecule has 0 bridgehead atoms. The van der Waals surface area contributed by atoms with Crippen molar-refractivity contribution in [1.82, 2.24) is 10.0 Å². The molecule has 2 aliphatic rings. The van der Waals surface area contributed by atoms with Crippen molar-refractivity contribution in [3.8, 4) is 0 Å². The maximum absolute atomic E-state index is 12.1. The zero-order valence-corrected chi connectivity index (χ0v) is 13.1. The molecule has 0 aromatic carbocycles. The summed E-state index contributed by atoms with van der Waals surface area (Å²) in [6.45, 7) is 2.35. The molecule has 0 aromatic heterocycles. The number of hydrogen-bond acceptors (Lipinski definition) is 4.